The molecule has 0 spiro atoms. The minimum absolute atomic E-state index is 0.0259. The molecule has 0 aliphatic heterocycles. The van der Waals surface area contributed by atoms with Crippen LogP contribution in [0.3, 0.4) is 0 Å². The van der Waals surface area contributed by atoms with E-state index in [1.807, 2.05) is 13.0 Å². The highest BCUT2D eigenvalue weighted by molar-refractivity contribution is 6.31. The molecule has 0 aliphatic rings. The van der Waals surface area contributed by atoms with Gasteiger partial charge in [0.1, 0.15) is 0 Å². The van der Waals surface area contributed by atoms with Crippen molar-refractivity contribution >= 4 is 28.9 Å². The van der Waals surface area contributed by atoms with E-state index in [-0.39, 0.29) is 18.7 Å². The van der Waals surface area contributed by atoms with Crippen molar-refractivity contribution in [2.75, 3.05) is 17.2 Å². The lowest BCUT2D eigenvalue weighted by molar-refractivity contribution is -0.137. The molecule has 0 radical (unpaired) electrons. The van der Waals surface area contributed by atoms with Crippen LogP contribution < -0.4 is 10.6 Å². The van der Waals surface area contributed by atoms with E-state index in [0.717, 1.165) is 17.3 Å². The number of alkyl halides is 3. The first-order valence-corrected chi connectivity index (χ1v) is 7.62. The average molecular weight is 357 g/mol. The summed E-state index contributed by atoms with van der Waals surface area (Å²) in [7, 11) is 0. The van der Waals surface area contributed by atoms with Gasteiger partial charge in [0.05, 0.1) is 11.3 Å². The Morgan fingerprint density at radius 2 is 1.75 bits per heavy atom. The molecule has 0 fully saturated rings. The smallest absolute Gasteiger partial charge is 0.384 e. The molecule has 0 bridgehead atoms. The third kappa shape index (κ3) is 4.64. The van der Waals surface area contributed by atoms with Gasteiger partial charge in [-0.15, -0.1) is 0 Å². The highest BCUT2D eigenvalue weighted by Crippen LogP contribution is 2.34. The molecule has 1 amide bonds. The van der Waals surface area contributed by atoms with E-state index in [4.69, 9.17) is 11.6 Å². The monoisotopic (exact) mass is 356 g/mol. The number of para-hydroxylation sites is 1. The molecule has 0 saturated carbocycles. The number of anilines is 2. The predicted octanol–water partition coefficient (Wildman–Crippen LogP) is 5.11. The van der Waals surface area contributed by atoms with Crippen LogP contribution in [-0.2, 0) is 11.0 Å². The molecule has 0 heterocycles. The van der Waals surface area contributed by atoms with E-state index in [1.54, 1.807) is 12.1 Å². The van der Waals surface area contributed by atoms with Gasteiger partial charge in [0, 0.05) is 23.7 Å². The van der Waals surface area contributed by atoms with E-state index in [1.165, 1.54) is 18.2 Å². The summed E-state index contributed by atoms with van der Waals surface area (Å²) in [5.74, 6) is -0.501. The number of halogens is 4. The molecular formula is C17H16ClF3N2O. The fourth-order valence-corrected chi connectivity index (χ4v) is 2.34. The van der Waals surface area contributed by atoms with Crippen molar-refractivity contribution in [3.63, 3.8) is 0 Å². The van der Waals surface area contributed by atoms with Gasteiger partial charge in [-0.05, 0) is 36.8 Å². The summed E-state index contributed by atoms with van der Waals surface area (Å²) in [5, 5.41) is 5.95. The molecule has 7 heteroatoms. The van der Waals surface area contributed by atoms with Crippen LogP contribution in [0.25, 0.3) is 0 Å². The second kappa shape index (κ2) is 7.57. The van der Waals surface area contributed by atoms with Crippen molar-refractivity contribution in [1.82, 2.24) is 0 Å². The molecule has 2 aromatic carbocycles. The van der Waals surface area contributed by atoms with Gasteiger partial charge in [-0.1, -0.05) is 29.8 Å². The summed E-state index contributed by atoms with van der Waals surface area (Å²) in [6.45, 7) is 2.12. The first kappa shape index (κ1) is 18.1. The third-order valence-corrected chi connectivity index (χ3v) is 3.85. The molecule has 24 heavy (non-hydrogen) atoms. The Balaban J connectivity index is 1.94. The zero-order valence-electron chi connectivity index (χ0n) is 12.9. The number of carbonyl (C=O) groups is 1. The summed E-state index contributed by atoms with van der Waals surface area (Å²) in [6.07, 6.45) is -4.49. The van der Waals surface area contributed by atoms with Crippen molar-refractivity contribution in [2.45, 2.75) is 19.5 Å². The van der Waals surface area contributed by atoms with Crippen LogP contribution in [0.15, 0.2) is 42.5 Å². The second-order valence-electron chi connectivity index (χ2n) is 5.18. The lowest BCUT2D eigenvalue weighted by atomic mass is 10.1. The first-order chi connectivity index (χ1) is 11.3. The van der Waals surface area contributed by atoms with E-state index < -0.39 is 17.6 Å². The van der Waals surface area contributed by atoms with Gasteiger partial charge in [-0.25, -0.2) is 0 Å². The summed E-state index contributed by atoms with van der Waals surface area (Å²) >= 11 is 6.00. The van der Waals surface area contributed by atoms with E-state index in [9.17, 15) is 18.0 Å². The molecule has 0 saturated heterocycles. The van der Waals surface area contributed by atoms with Crippen LogP contribution in [0.4, 0.5) is 24.5 Å². The number of benzene rings is 2. The van der Waals surface area contributed by atoms with Crippen molar-refractivity contribution < 1.29 is 18.0 Å². The minimum Gasteiger partial charge on any atom is -0.384 e. The summed E-state index contributed by atoms with van der Waals surface area (Å²) in [4.78, 5) is 11.9. The molecule has 2 rings (SSSR count). The van der Waals surface area contributed by atoms with Gasteiger partial charge in [0.15, 0.2) is 0 Å². The number of rotatable bonds is 5. The van der Waals surface area contributed by atoms with Crippen molar-refractivity contribution in [2.24, 2.45) is 0 Å². The Morgan fingerprint density at radius 1 is 1.08 bits per heavy atom. The number of carbonyl (C=O) groups excluding carboxylic acids is 1. The zero-order valence-corrected chi connectivity index (χ0v) is 13.6. The molecule has 2 N–H and O–H groups in total. The third-order valence-electron chi connectivity index (χ3n) is 3.44. The van der Waals surface area contributed by atoms with E-state index in [0.29, 0.717) is 5.02 Å². The number of hydrogen-bond donors (Lipinski definition) is 2. The van der Waals surface area contributed by atoms with Gasteiger partial charge in [-0.3, -0.25) is 4.79 Å². The highest BCUT2D eigenvalue weighted by Gasteiger charge is 2.33. The molecule has 2 aromatic rings. The molecule has 128 valence electrons. The first-order valence-electron chi connectivity index (χ1n) is 7.24. The zero-order chi connectivity index (χ0) is 17.7. The van der Waals surface area contributed by atoms with Crippen LogP contribution in [-0.4, -0.2) is 12.5 Å². The summed E-state index contributed by atoms with van der Waals surface area (Å²) < 4.78 is 38.6. The maximum Gasteiger partial charge on any atom is 0.418 e. The minimum atomic E-state index is -4.51. The Kier molecular flexibility index (Phi) is 5.72. The fraction of sp³-hybridized carbons (Fsp3) is 0.235. The van der Waals surface area contributed by atoms with Gasteiger partial charge < -0.3 is 10.6 Å². The number of amides is 1. The summed E-state index contributed by atoms with van der Waals surface area (Å²) in [6, 6.07) is 10.2. The van der Waals surface area contributed by atoms with Gasteiger partial charge in [0.2, 0.25) is 5.91 Å². The molecule has 0 atom stereocenters. The molecule has 3 nitrogen and oxygen atoms in total. The number of nitrogens with one attached hydrogen (secondary N) is 2. The van der Waals surface area contributed by atoms with Crippen LogP contribution in [0, 0.1) is 6.92 Å². The molecular weight excluding hydrogens is 341 g/mol. The standard InChI is InChI=1S/C17H16ClF3N2O/c1-11-13(18)6-4-8-14(11)22-10-9-16(24)23-15-7-3-2-5-12(15)17(19,20)21/h2-8,22H,9-10H2,1H3,(H,23,24). The lowest BCUT2D eigenvalue weighted by Crippen LogP contribution is -2.19. The topological polar surface area (TPSA) is 41.1 Å². The fourth-order valence-electron chi connectivity index (χ4n) is 2.16. The van der Waals surface area contributed by atoms with Crippen LogP contribution in [0.5, 0.6) is 0 Å². The quantitative estimate of drug-likeness (QED) is 0.781. The highest BCUT2D eigenvalue weighted by atomic mass is 35.5. The maximum absolute atomic E-state index is 12.9. The normalized spacial score (nSPS) is 11.2. The second-order valence-corrected chi connectivity index (χ2v) is 5.59. The Hall–Kier alpha value is -2.21. The van der Waals surface area contributed by atoms with Gasteiger partial charge >= 0.3 is 6.18 Å². The van der Waals surface area contributed by atoms with Gasteiger partial charge in [0.25, 0.3) is 0 Å². The Bertz CT molecular complexity index is 732. The van der Waals surface area contributed by atoms with Crippen molar-refractivity contribution in [3.05, 3.63) is 58.6 Å². The lowest BCUT2D eigenvalue weighted by Gasteiger charge is -2.14. The average Bonchev–Trinajstić information content (AvgIpc) is 2.51. The van der Waals surface area contributed by atoms with Crippen molar-refractivity contribution in [1.29, 1.82) is 0 Å². The maximum atomic E-state index is 12.9. The van der Waals surface area contributed by atoms with E-state index >= 15 is 0 Å². The van der Waals surface area contributed by atoms with Gasteiger partial charge in [-0.2, -0.15) is 13.2 Å². The summed E-state index contributed by atoms with van der Waals surface area (Å²) in [5.41, 5.74) is 0.527. The SMILES string of the molecule is Cc1c(Cl)cccc1NCCC(=O)Nc1ccccc1C(F)(F)F. The van der Waals surface area contributed by atoms with E-state index in [2.05, 4.69) is 10.6 Å². The van der Waals surface area contributed by atoms with Crippen LogP contribution in [0.2, 0.25) is 5.02 Å². The van der Waals surface area contributed by atoms with Crippen molar-refractivity contribution in [3.8, 4) is 0 Å². The Labute approximate surface area is 142 Å². The largest absolute Gasteiger partial charge is 0.418 e. The molecule has 0 unspecified atom stereocenters. The molecule has 0 aliphatic carbocycles. The predicted molar refractivity (Wildman–Crippen MR) is 89.4 cm³/mol. The Morgan fingerprint density at radius 3 is 2.46 bits per heavy atom. The van der Waals surface area contributed by atoms with Crippen LogP contribution >= 0.6 is 11.6 Å². The van der Waals surface area contributed by atoms with Crippen LogP contribution in [0.1, 0.15) is 17.5 Å². The molecule has 0 aromatic heterocycles. The number of hydrogen-bond acceptors (Lipinski definition) is 2.